The Balaban J connectivity index is 3.17. The van der Waals surface area contributed by atoms with Crippen molar-refractivity contribution in [3.63, 3.8) is 0 Å². The van der Waals surface area contributed by atoms with Gasteiger partial charge in [0.1, 0.15) is 13.7 Å². The Hall–Kier alpha value is -0.305. The number of halogens is 2. The second kappa shape index (κ2) is 2.52. The van der Waals surface area contributed by atoms with Crippen molar-refractivity contribution >= 4 is 29.2 Å². The predicted octanol–water partition coefficient (Wildman–Crippen LogP) is 0.847. The molecule has 0 heterocycles. The standard InChI is InChI=1S/C6H5BBrF/c7-5-2-1-4(8)3-6(5)9/h1-3H,7H2. The van der Waals surface area contributed by atoms with Crippen molar-refractivity contribution in [1.82, 2.24) is 0 Å². The summed E-state index contributed by atoms with van der Waals surface area (Å²) in [6, 6.07) is 5.01. The maximum Gasteiger partial charge on any atom is 0.143 e. The first-order valence-corrected chi connectivity index (χ1v) is 3.41. The molecule has 1 rings (SSSR count). The lowest BCUT2D eigenvalue weighted by molar-refractivity contribution is 0.635. The molecule has 0 aliphatic heterocycles. The van der Waals surface area contributed by atoms with Gasteiger partial charge in [-0.3, -0.25) is 0 Å². The molecule has 0 aromatic heterocycles. The van der Waals surface area contributed by atoms with Crippen LogP contribution < -0.4 is 5.46 Å². The van der Waals surface area contributed by atoms with Crippen molar-refractivity contribution in [2.75, 3.05) is 0 Å². The van der Waals surface area contributed by atoms with Crippen LogP contribution in [0.15, 0.2) is 22.7 Å². The number of benzene rings is 1. The lowest BCUT2D eigenvalue weighted by atomic mass is 9.96. The highest BCUT2D eigenvalue weighted by atomic mass is 79.9. The van der Waals surface area contributed by atoms with Gasteiger partial charge in [-0.25, -0.2) is 4.39 Å². The zero-order valence-corrected chi connectivity index (χ0v) is 6.57. The highest BCUT2D eigenvalue weighted by Crippen LogP contribution is 2.07. The predicted molar refractivity (Wildman–Crippen MR) is 42.3 cm³/mol. The number of hydrogen-bond acceptors (Lipinski definition) is 0. The fourth-order valence-corrected chi connectivity index (χ4v) is 0.900. The molecule has 0 amide bonds. The van der Waals surface area contributed by atoms with Gasteiger partial charge in [0.25, 0.3) is 0 Å². The first-order valence-electron chi connectivity index (χ1n) is 2.62. The maximum absolute atomic E-state index is 12.5. The minimum atomic E-state index is -0.163. The van der Waals surface area contributed by atoms with E-state index in [0.717, 1.165) is 4.47 Å². The molecule has 46 valence electrons. The normalized spacial score (nSPS) is 9.56. The molecule has 0 N–H and O–H groups in total. The zero-order chi connectivity index (χ0) is 6.85. The van der Waals surface area contributed by atoms with Gasteiger partial charge in [0.15, 0.2) is 0 Å². The first kappa shape index (κ1) is 6.81. The Labute approximate surface area is 62.6 Å². The van der Waals surface area contributed by atoms with Crippen LogP contribution in [0.4, 0.5) is 4.39 Å². The Bertz CT molecular complexity index is 224. The van der Waals surface area contributed by atoms with Crippen molar-refractivity contribution in [3.05, 3.63) is 28.5 Å². The van der Waals surface area contributed by atoms with E-state index in [2.05, 4.69) is 15.9 Å². The third-order valence-electron chi connectivity index (χ3n) is 1.13. The summed E-state index contributed by atoms with van der Waals surface area (Å²) in [6.45, 7) is 0. The van der Waals surface area contributed by atoms with E-state index in [1.807, 2.05) is 6.07 Å². The average molecular weight is 187 g/mol. The Morgan fingerprint density at radius 1 is 1.44 bits per heavy atom. The molecular formula is C6H5BBrF. The van der Waals surface area contributed by atoms with E-state index in [0.29, 0.717) is 5.46 Å². The van der Waals surface area contributed by atoms with Gasteiger partial charge >= 0.3 is 0 Å². The molecule has 0 saturated heterocycles. The summed E-state index contributed by atoms with van der Waals surface area (Å²) in [5, 5.41) is 0. The van der Waals surface area contributed by atoms with E-state index in [1.54, 1.807) is 13.9 Å². The van der Waals surface area contributed by atoms with Crippen LogP contribution in [0.5, 0.6) is 0 Å². The van der Waals surface area contributed by atoms with Crippen molar-refractivity contribution in [2.45, 2.75) is 0 Å². The quantitative estimate of drug-likeness (QED) is 0.528. The third kappa shape index (κ3) is 1.55. The highest BCUT2D eigenvalue weighted by Gasteiger charge is 1.94. The van der Waals surface area contributed by atoms with Crippen LogP contribution in [0.25, 0.3) is 0 Å². The number of rotatable bonds is 0. The van der Waals surface area contributed by atoms with Gasteiger partial charge in [0.05, 0.1) is 0 Å². The summed E-state index contributed by atoms with van der Waals surface area (Å²) in [6.07, 6.45) is 0. The molecule has 0 unspecified atom stereocenters. The molecule has 9 heavy (non-hydrogen) atoms. The summed E-state index contributed by atoms with van der Waals surface area (Å²) in [5.41, 5.74) is 0.679. The molecular weight excluding hydrogens is 182 g/mol. The third-order valence-corrected chi connectivity index (χ3v) is 1.63. The van der Waals surface area contributed by atoms with Gasteiger partial charge in [0, 0.05) is 4.47 Å². The Kier molecular flexibility index (Phi) is 1.91. The van der Waals surface area contributed by atoms with E-state index in [4.69, 9.17) is 0 Å². The van der Waals surface area contributed by atoms with Gasteiger partial charge in [0.2, 0.25) is 0 Å². The van der Waals surface area contributed by atoms with Crippen LogP contribution in [-0.4, -0.2) is 7.85 Å². The summed E-state index contributed by atoms with van der Waals surface area (Å²) in [7, 11) is 1.74. The summed E-state index contributed by atoms with van der Waals surface area (Å²) >= 11 is 3.16. The molecule has 0 nitrogen and oxygen atoms in total. The van der Waals surface area contributed by atoms with Gasteiger partial charge in [-0.05, 0) is 12.1 Å². The summed E-state index contributed by atoms with van der Waals surface area (Å²) < 4.78 is 13.3. The molecule has 3 heteroatoms. The van der Waals surface area contributed by atoms with Crippen LogP contribution in [-0.2, 0) is 0 Å². The van der Waals surface area contributed by atoms with Crippen molar-refractivity contribution in [3.8, 4) is 0 Å². The monoisotopic (exact) mass is 186 g/mol. The highest BCUT2D eigenvalue weighted by molar-refractivity contribution is 9.10. The molecule has 0 fully saturated rings. The van der Waals surface area contributed by atoms with Crippen LogP contribution in [0, 0.1) is 5.82 Å². The minimum absolute atomic E-state index is 0.163. The molecule has 0 aliphatic rings. The first-order chi connectivity index (χ1) is 4.20. The van der Waals surface area contributed by atoms with E-state index in [1.165, 1.54) is 6.07 Å². The van der Waals surface area contributed by atoms with Crippen LogP contribution in [0.2, 0.25) is 0 Å². The fraction of sp³-hybridized carbons (Fsp3) is 0. The second-order valence-electron chi connectivity index (χ2n) is 1.89. The molecule has 0 saturated carbocycles. The van der Waals surface area contributed by atoms with Crippen molar-refractivity contribution in [1.29, 1.82) is 0 Å². The molecule has 1 aromatic rings. The SMILES string of the molecule is Bc1ccc(Br)cc1F. The molecule has 1 aromatic carbocycles. The van der Waals surface area contributed by atoms with E-state index < -0.39 is 0 Å². The molecule has 0 radical (unpaired) electrons. The van der Waals surface area contributed by atoms with Crippen LogP contribution >= 0.6 is 15.9 Å². The van der Waals surface area contributed by atoms with Gasteiger partial charge in [-0.1, -0.05) is 27.5 Å². The summed E-state index contributed by atoms with van der Waals surface area (Å²) in [4.78, 5) is 0. The fourth-order valence-electron chi connectivity index (χ4n) is 0.567. The molecule has 0 aliphatic carbocycles. The van der Waals surface area contributed by atoms with Crippen molar-refractivity contribution < 1.29 is 4.39 Å². The smallest absolute Gasteiger partial charge is 0.143 e. The van der Waals surface area contributed by atoms with E-state index >= 15 is 0 Å². The van der Waals surface area contributed by atoms with E-state index in [9.17, 15) is 4.39 Å². The van der Waals surface area contributed by atoms with Gasteiger partial charge in [-0.15, -0.1) is 0 Å². The Morgan fingerprint density at radius 2 is 2.11 bits per heavy atom. The van der Waals surface area contributed by atoms with E-state index in [-0.39, 0.29) is 5.82 Å². The topological polar surface area (TPSA) is 0 Å². The molecule has 0 bridgehead atoms. The lowest BCUT2D eigenvalue weighted by Crippen LogP contribution is -2.06. The largest absolute Gasteiger partial charge is 0.208 e. The minimum Gasteiger partial charge on any atom is -0.208 e. The van der Waals surface area contributed by atoms with Crippen molar-refractivity contribution in [2.24, 2.45) is 0 Å². The molecule has 0 spiro atoms. The molecule has 0 atom stereocenters. The Morgan fingerprint density at radius 3 is 2.56 bits per heavy atom. The maximum atomic E-state index is 12.5. The van der Waals surface area contributed by atoms with Gasteiger partial charge < -0.3 is 0 Å². The average Bonchev–Trinajstić information content (AvgIpc) is 1.80. The second-order valence-corrected chi connectivity index (χ2v) is 2.81. The summed E-state index contributed by atoms with van der Waals surface area (Å²) in [5.74, 6) is -0.163. The van der Waals surface area contributed by atoms with Crippen LogP contribution in [0.1, 0.15) is 0 Å². The zero-order valence-electron chi connectivity index (χ0n) is 4.99. The van der Waals surface area contributed by atoms with Gasteiger partial charge in [-0.2, -0.15) is 0 Å². The van der Waals surface area contributed by atoms with Crippen LogP contribution in [0.3, 0.4) is 0 Å². The lowest BCUT2D eigenvalue weighted by Gasteiger charge is -1.93. The number of hydrogen-bond donors (Lipinski definition) is 0.